The minimum atomic E-state index is 0.797. The van der Waals surface area contributed by atoms with E-state index in [1.54, 1.807) is 11.3 Å². The van der Waals surface area contributed by atoms with Crippen molar-refractivity contribution in [1.29, 1.82) is 0 Å². The smallest absolute Gasteiger partial charge is 0.140 e. The van der Waals surface area contributed by atoms with Gasteiger partial charge >= 0.3 is 0 Å². The van der Waals surface area contributed by atoms with Crippen LogP contribution in [0, 0.1) is 6.92 Å². The molecule has 0 aliphatic rings. The van der Waals surface area contributed by atoms with Crippen molar-refractivity contribution in [2.24, 2.45) is 0 Å². The van der Waals surface area contributed by atoms with Gasteiger partial charge in [-0.05, 0) is 62.5 Å². The number of nitrogens with one attached hydrogen (secondary N) is 1. The van der Waals surface area contributed by atoms with Crippen molar-refractivity contribution in [1.82, 2.24) is 4.98 Å². The zero-order chi connectivity index (χ0) is 11.5. The van der Waals surface area contributed by atoms with E-state index in [4.69, 9.17) is 0 Å². The first-order valence-electron chi connectivity index (χ1n) is 4.75. The van der Waals surface area contributed by atoms with Gasteiger partial charge in [0.15, 0.2) is 0 Å². The maximum absolute atomic E-state index is 4.33. The maximum atomic E-state index is 4.33. The van der Waals surface area contributed by atoms with E-state index in [0.717, 1.165) is 26.2 Å². The van der Waals surface area contributed by atoms with Gasteiger partial charge in [-0.25, -0.2) is 4.98 Å². The monoisotopic (exact) mass is 360 g/mol. The van der Waals surface area contributed by atoms with E-state index in [9.17, 15) is 0 Å². The molecular weight excluding hydrogens is 352 g/mol. The molecule has 1 N–H and O–H groups in total. The van der Waals surface area contributed by atoms with Crippen LogP contribution < -0.4 is 5.32 Å². The summed E-state index contributed by atoms with van der Waals surface area (Å²) in [4.78, 5) is 5.61. The number of rotatable bonds is 3. The van der Waals surface area contributed by atoms with Crippen LogP contribution in [0.2, 0.25) is 0 Å². The number of hydrogen-bond donors (Lipinski definition) is 1. The van der Waals surface area contributed by atoms with Crippen LogP contribution >= 0.6 is 43.2 Å². The second kappa shape index (κ2) is 5.29. The Hall–Kier alpha value is -0.390. The van der Waals surface area contributed by atoms with Crippen molar-refractivity contribution < 1.29 is 0 Å². The van der Waals surface area contributed by atoms with Crippen LogP contribution in [-0.4, -0.2) is 4.98 Å². The lowest BCUT2D eigenvalue weighted by Gasteiger charge is -2.06. The Balaban J connectivity index is 2.04. The van der Waals surface area contributed by atoms with Crippen LogP contribution in [0.4, 0.5) is 5.82 Å². The van der Waals surface area contributed by atoms with Crippen LogP contribution in [0.1, 0.15) is 10.4 Å². The van der Waals surface area contributed by atoms with Gasteiger partial charge in [-0.2, -0.15) is 0 Å². The molecule has 2 aromatic rings. The Morgan fingerprint density at radius 1 is 1.38 bits per heavy atom. The third-order valence-corrected chi connectivity index (χ3v) is 4.26. The van der Waals surface area contributed by atoms with Crippen molar-refractivity contribution >= 4 is 49.0 Å². The number of anilines is 1. The summed E-state index contributed by atoms with van der Waals surface area (Å²) in [7, 11) is 0. The molecule has 0 saturated carbocycles. The molecule has 0 fully saturated rings. The SMILES string of the molecule is Cc1cnc(NCc2ccc(Br)s2)c(Br)c1. The summed E-state index contributed by atoms with van der Waals surface area (Å²) in [5.41, 5.74) is 1.15. The molecule has 0 saturated heterocycles. The highest BCUT2D eigenvalue weighted by atomic mass is 79.9. The molecule has 0 atom stereocenters. The number of thiophene rings is 1. The number of aryl methyl sites for hydroxylation is 1. The van der Waals surface area contributed by atoms with E-state index < -0.39 is 0 Å². The third kappa shape index (κ3) is 3.06. The number of halogens is 2. The maximum Gasteiger partial charge on any atom is 0.140 e. The van der Waals surface area contributed by atoms with E-state index in [1.165, 1.54) is 4.88 Å². The van der Waals surface area contributed by atoms with Crippen molar-refractivity contribution in [2.75, 3.05) is 5.32 Å². The average molecular weight is 362 g/mol. The molecule has 2 heterocycles. The number of hydrogen-bond acceptors (Lipinski definition) is 3. The van der Waals surface area contributed by atoms with Gasteiger partial charge in [-0.15, -0.1) is 11.3 Å². The fraction of sp³-hybridized carbons (Fsp3) is 0.182. The van der Waals surface area contributed by atoms with E-state index in [0.29, 0.717) is 0 Å². The van der Waals surface area contributed by atoms with Gasteiger partial charge < -0.3 is 5.32 Å². The molecule has 16 heavy (non-hydrogen) atoms. The fourth-order valence-electron chi connectivity index (χ4n) is 1.28. The summed E-state index contributed by atoms with van der Waals surface area (Å²) in [6, 6.07) is 6.21. The van der Waals surface area contributed by atoms with Crippen molar-refractivity contribution in [3.63, 3.8) is 0 Å². The van der Waals surface area contributed by atoms with Crippen LogP contribution in [0.15, 0.2) is 32.7 Å². The molecular formula is C11H10Br2N2S. The Morgan fingerprint density at radius 3 is 2.81 bits per heavy atom. The highest BCUT2D eigenvalue weighted by molar-refractivity contribution is 9.11. The standard InChI is InChI=1S/C11H10Br2N2S/c1-7-4-9(12)11(14-5-7)15-6-8-2-3-10(13)16-8/h2-5H,6H2,1H3,(H,14,15). The largest absolute Gasteiger partial charge is 0.364 e. The van der Waals surface area contributed by atoms with E-state index in [2.05, 4.69) is 60.4 Å². The molecule has 84 valence electrons. The van der Waals surface area contributed by atoms with Crippen molar-refractivity contribution in [2.45, 2.75) is 13.5 Å². The Kier molecular flexibility index (Phi) is 4.00. The van der Waals surface area contributed by atoms with Gasteiger partial charge in [0, 0.05) is 11.1 Å². The first kappa shape index (κ1) is 12.1. The van der Waals surface area contributed by atoms with E-state index in [-0.39, 0.29) is 0 Å². The highest BCUT2D eigenvalue weighted by Crippen LogP contribution is 2.25. The molecule has 0 radical (unpaired) electrons. The lowest BCUT2D eigenvalue weighted by Crippen LogP contribution is -2.00. The second-order valence-corrected chi connectivity index (χ2v) is 6.80. The van der Waals surface area contributed by atoms with Gasteiger partial charge in [-0.3, -0.25) is 0 Å². The molecule has 2 rings (SSSR count). The molecule has 0 unspecified atom stereocenters. The number of aromatic nitrogens is 1. The first-order chi connectivity index (χ1) is 7.65. The van der Waals surface area contributed by atoms with Crippen LogP contribution in [-0.2, 0) is 6.54 Å². The summed E-state index contributed by atoms with van der Waals surface area (Å²) in [6.07, 6.45) is 1.86. The molecule has 0 aromatic carbocycles. The van der Waals surface area contributed by atoms with Crippen LogP contribution in [0.25, 0.3) is 0 Å². The summed E-state index contributed by atoms with van der Waals surface area (Å²) in [5, 5.41) is 3.30. The Labute approximate surface area is 115 Å². The normalized spacial score (nSPS) is 10.4. The Bertz CT molecular complexity index is 496. The van der Waals surface area contributed by atoms with Crippen molar-refractivity contribution in [3.8, 4) is 0 Å². The topological polar surface area (TPSA) is 24.9 Å². The van der Waals surface area contributed by atoms with Gasteiger partial charge in [0.05, 0.1) is 14.8 Å². The molecule has 0 spiro atoms. The second-order valence-electron chi connectivity index (χ2n) is 3.40. The zero-order valence-electron chi connectivity index (χ0n) is 8.63. The average Bonchev–Trinajstić information content (AvgIpc) is 2.63. The number of nitrogens with zero attached hydrogens (tertiary/aromatic N) is 1. The highest BCUT2D eigenvalue weighted by Gasteiger charge is 2.02. The molecule has 0 aliphatic heterocycles. The van der Waals surface area contributed by atoms with E-state index >= 15 is 0 Å². The molecule has 0 aliphatic carbocycles. The summed E-state index contributed by atoms with van der Waals surface area (Å²) in [6.45, 7) is 2.82. The van der Waals surface area contributed by atoms with Gasteiger partial charge in [0.25, 0.3) is 0 Å². The molecule has 0 amide bonds. The van der Waals surface area contributed by atoms with Crippen molar-refractivity contribution in [3.05, 3.63) is 43.1 Å². The minimum Gasteiger partial charge on any atom is -0.364 e. The summed E-state index contributed by atoms with van der Waals surface area (Å²) in [5.74, 6) is 0.884. The lowest BCUT2D eigenvalue weighted by atomic mass is 10.3. The predicted molar refractivity (Wildman–Crippen MR) is 76.0 cm³/mol. The third-order valence-electron chi connectivity index (χ3n) is 2.04. The first-order valence-corrected chi connectivity index (χ1v) is 7.15. The van der Waals surface area contributed by atoms with Gasteiger partial charge in [-0.1, -0.05) is 0 Å². The molecule has 0 bridgehead atoms. The minimum absolute atomic E-state index is 0.797. The van der Waals surface area contributed by atoms with Gasteiger partial charge in [0.2, 0.25) is 0 Å². The predicted octanol–water partition coefficient (Wildman–Crippen LogP) is 4.59. The van der Waals surface area contributed by atoms with E-state index in [1.807, 2.05) is 13.1 Å². The molecule has 2 aromatic heterocycles. The zero-order valence-corrected chi connectivity index (χ0v) is 12.6. The number of pyridine rings is 1. The Morgan fingerprint density at radius 2 is 2.19 bits per heavy atom. The molecule has 5 heteroatoms. The summed E-state index contributed by atoms with van der Waals surface area (Å²) >= 11 is 8.67. The fourth-order valence-corrected chi connectivity index (χ4v) is 3.31. The molecule has 2 nitrogen and oxygen atoms in total. The van der Waals surface area contributed by atoms with Gasteiger partial charge in [0.1, 0.15) is 5.82 Å². The van der Waals surface area contributed by atoms with Crippen LogP contribution in [0.5, 0.6) is 0 Å². The summed E-state index contributed by atoms with van der Waals surface area (Å²) < 4.78 is 2.16. The quantitative estimate of drug-likeness (QED) is 0.864. The lowest BCUT2D eigenvalue weighted by molar-refractivity contribution is 1.12. The van der Waals surface area contributed by atoms with Crippen LogP contribution in [0.3, 0.4) is 0 Å².